The van der Waals surface area contributed by atoms with Crippen molar-refractivity contribution in [2.75, 3.05) is 27.4 Å². The molecule has 0 aliphatic carbocycles. The molecule has 4 rings (SSSR count). The largest absolute Gasteiger partial charge is 0.493 e. The van der Waals surface area contributed by atoms with Crippen molar-refractivity contribution in [2.24, 2.45) is 4.99 Å². The van der Waals surface area contributed by atoms with E-state index in [1.54, 1.807) is 38.1 Å². The molecule has 10 nitrogen and oxygen atoms in total. The summed E-state index contributed by atoms with van der Waals surface area (Å²) in [5.41, 5.74) is 1.30. The number of rotatable bonds is 9. The number of hydrogen-bond acceptors (Lipinski definition) is 9. The monoisotopic (exact) mass is 606 g/mol. The minimum atomic E-state index is -1.18. The number of fused-ring (bicyclic) bond motifs is 1. The van der Waals surface area contributed by atoms with Crippen LogP contribution >= 0.6 is 34.5 Å². The lowest BCUT2D eigenvalue weighted by atomic mass is 9.95. The van der Waals surface area contributed by atoms with Crippen LogP contribution in [0.2, 0.25) is 10.0 Å². The summed E-state index contributed by atoms with van der Waals surface area (Å²) < 4.78 is 23.0. The molecule has 0 saturated heterocycles. The van der Waals surface area contributed by atoms with Crippen LogP contribution in [0.1, 0.15) is 31.0 Å². The Bertz CT molecular complexity index is 1690. The van der Waals surface area contributed by atoms with E-state index in [4.69, 9.17) is 47.3 Å². The third-order valence-electron chi connectivity index (χ3n) is 5.90. The van der Waals surface area contributed by atoms with Crippen LogP contribution in [0.25, 0.3) is 6.08 Å². The molecule has 2 aromatic carbocycles. The summed E-state index contributed by atoms with van der Waals surface area (Å²) in [6, 6.07) is 7.30. The van der Waals surface area contributed by atoms with E-state index < -0.39 is 30.1 Å². The zero-order chi connectivity index (χ0) is 29.1. The third kappa shape index (κ3) is 5.72. The number of esters is 1. The molecule has 1 aromatic heterocycles. The number of thiazole rings is 1. The molecule has 2 heterocycles. The highest BCUT2D eigenvalue weighted by molar-refractivity contribution is 7.07. The number of ether oxygens (including phenoxy) is 4. The number of nitrogens with zero attached hydrogens (tertiary/aromatic N) is 2. The Morgan fingerprint density at radius 3 is 2.40 bits per heavy atom. The van der Waals surface area contributed by atoms with Crippen molar-refractivity contribution in [3.63, 3.8) is 0 Å². The minimum Gasteiger partial charge on any atom is -0.493 e. The molecule has 13 heteroatoms. The number of carboxylic acids is 1. The van der Waals surface area contributed by atoms with E-state index in [1.165, 1.54) is 30.9 Å². The van der Waals surface area contributed by atoms with E-state index in [0.29, 0.717) is 37.7 Å². The van der Waals surface area contributed by atoms with Gasteiger partial charge in [0, 0.05) is 0 Å². The molecule has 1 atom stereocenters. The minimum absolute atomic E-state index is 0.0208. The van der Waals surface area contributed by atoms with E-state index in [-0.39, 0.29) is 28.0 Å². The lowest BCUT2D eigenvalue weighted by Gasteiger charge is -2.25. The van der Waals surface area contributed by atoms with Crippen LogP contribution in [0, 0.1) is 0 Å². The number of carbonyl (C=O) groups is 2. The van der Waals surface area contributed by atoms with Crippen molar-refractivity contribution in [1.82, 2.24) is 4.57 Å². The van der Waals surface area contributed by atoms with Gasteiger partial charge in [-0.3, -0.25) is 9.36 Å². The molecule has 3 aromatic rings. The first-order valence-corrected chi connectivity index (χ1v) is 13.4. The Hall–Kier alpha value is -3.80. The van der Waals surface area contributed by atoms with Crippen LogP contribution in [0.15, 0.2) is 51.4 Å². The quantitative estimate of drug-likeness (QED) is 0.366. The van der Waals surface area contributed by atoms with Crippen LogP contribution in [0.4, 0.5) is 0 Å². The average Bonchev–Trinajstić information content (AvgIpc) is 3.20. The van der Waals surface area contributed by atoms with Crippen LogP contribution < -0.4 is 29.1 Å². The summed E-state index contributed by atoms with van der Waals surface area (Å²) in [6.07, 6.45) is 1.58. The fourth-order valence-corrected chi connectivity index (χ4v) is 5.88. The Balaban J connectivity index is 1.90. The smallest absolute Gasteiger partial charge is 0.341 e. The number of allylic oxidation sites excluding steroid dienone is 1. The maximum atomic E-state index is 13.8. The van der Waals surface area contributed by atoms with Crippen molar-refractivity contribution < 1.29 is 33.6 Å². The van der Waals surface area contributed by atoms with Gasteiger partial charge in [0.15, 0.2) is 28.7 Å². The predicted octanol–water partition coefficient (Wildman–Crippen LogP) is 3.59. The van der Waals surface area contributed by atoms with Crippen LogP contribution in [-0.2, 0) is 14.3 Å². The Morgan fingerprint density at radius 1 is 1.12 bits per heavy atom. The molecule has 40 heavy (non-hydrogen) atoms. The summed E-state index contributed by atoms with van der Waals surface area (Å²) >= 11 is 13.7. The van der Waals surface area contributed by atoms with Gasteiger partial charge in [0.05, 0.1) is 52.7 Å². The standard InChI is InChI=1S/C27H24Cl2N2O8S/c1-5-38-26(35)22-13(2)30-27-31(23(22)15-6-7-18(36-3)19(11-15)37-4)25(34)20(40-27)10-14-8-16(28)24(17(29)9-14)39-12-21(32)33/h6-11,23H,5,12H2,1-4H3,(H,32,33)/b20-10-/t23-/m1/s1. The van der Waals surface area contributed by atoms with E-state index in [0.717, 1.165) is 11.3 Å². The number of aliphatic carboxylic acids is 1. The first-order chi connectivity index (χ1) is 19.1. The van der Waals surface area contributed by atoms with Gasteiger partial charge in [-0.1, -0.05) is 40.6 Å². The lowest BCUT2D eigenvalue weighted by molar-refractivity contribution is -0.140. The van der Waals surface area contributed by atoms with E-state index in [1.807, 2.05) is 0 Å². The van der Waals surface area contributed by atoms with Crippen molar-refractivity contribution >= 4 is 52.6 Å². The van der Waals surface area contributed by atoms with Gasteiger partial charge in [0.25, 0.3) is 5.56 Å². The maximum Gasteiger partial charge on any atom is 0.341 e. The molecule has 1 aliphatic rings. The predicted molar refractivity (Wildman–Crippen MR) is 150 cm³/mol. The van der Waals surface area contributed by atoms with Crippen molar-refractivity contribution in [2.45, 2.75) is 19.9 Å². The molecule has 1 N–H and O–H groups in total. The second-order valence-corrected chi connectivity index (χ2v) is 10.2. The summed E-state index contributed by atoms with van der Waals surface area (Å²) in [5.74, 6) is -0.837. The number of benzene rings is 2. The summed E-state index contributed by atoms with van der Waals surface area (Å²) in [7, 11) is 3.01. The fraction of sp³-hybridized carbons (Fsp3) is 0.259. The van der Waals surface area contributed by atoms with Crippen molar-refractivity contribution in [1.29, 1.82) is 0 Å². The highest BCUT2D eigenvalue weighted by Gasteiger charge is 2.34. The zero-order valence-electron chi connectivity index (χ0n) is 21.8. The summed E-state index contributed by atoms with van der Waals surface area (Å²) in [5, 5.41) is 9.03. The second-order valence-electron chi connectivity index (χ2n) is 8.41. The molecule has 0 bridgehead atoms. The molecule has 0 spiro atoms. The van der Waals surface area contributed by atoms with E-state index in [2.05, 4.69) is 4.99 Å². The average molecular weight is 607 g/mol. The first kappa shape index (κ1) is 29.2. The Labute approximate surface area is 242 Å². The number of hydrogen-bond donors (Lipinski definition) is 1. The molecule has 0 radical (unpaired) electrons. The zero-order valence-corrected chi connectivity index (χ0v) is 24.1. The molecule has 0 amide bonds. The molecule has 0 fully saturated rings. The van der Waals surface area contributed by atoms with Gasteiger partial charge in [-0.2, -0.15) is 0 Å². The van der Waals surface area contributed by atoms with Gasteiger partial charge in [-0.25, -0.2) is 14.6 Å². The molecule has 210 valence electrons. The normalized spacial score (nSPS) is 14.8. The van der Waals surface area contributed by atoms with Gasteiger partial charge in [0.1, 0.15) is 0 Å². The highest BCUT2D eigenvalue weighted by Crippen LogP contribution is 2.36. The van der Waals surface area contributed by atoms with Gasteiger partial charge in [-0.15, -0.1) is 0 Å². The number of carboxylic acid groups (broad SMARTS) is 1. The topological polar surface area (TPSA) is 126 Å². The van der Waals surface area contributed by atoms with Gasteiger partial charge in [0.2, 0.25) is 0 Å². The molecular formula is C27H24Cl2N2O8S. The molecule has 0 unspecified atom stereocenters. The number of methoxy groups -OCH3 is 2. The van der Waals surface area contributed by atoms with Crippen molar-refractivity contribution in [3.05, 3.63) is 82.5 Å². The third-order valence-corrected chi connectivity index (χ3v) is 7.44. The molecule has 0 saturated carbocycles. The lowest BCUT2D eigenvalue weighted by Crippen LogP contribution is -2.40. The van der Waals surface area contributed by atoms with Crippen LogP contribution in [0.5, 0.6) is 17.2 Å². The summed E-state index contributed by atoms with van der Waals surface area (Å²) in [6.45, 7) is 2.91. The van der Waals surface area contributed by atoms with Gasteiger partial charge in [-0.05, 0) is 55.3 Å². The van der Waals surface area contributed by atoms with Crippen LogP contribution in [-0.4, -0.2) is 49.0 Å². The van der Waals surface area contributed by atoms with Gasteiger partial charge < -0.3 is 24.1 Å². The maximum absolute atomic E-state index is 13.8. The Kier molecular flexibility index (Phi) is 8.87. The Morgan fingerprint density at radius 2 is 1.80 bits per heavy atom. The van der Waals surface area contributed by atoms with E-state index >= 15 is 0 Å². The van der Waals surface area contributed by atoms with E-state index in [9.17, 15) is 14.4 Å². The molecular weight excluding hydrogens is 583 g/mol. The second kappa shape index (κ2) is 12.2. The number of carbonyl (C=O) groups excluding carboxylic acids is 1. The van der Waals surface area contributed by atoms with Gasteiger partial charge >= 0.3 is 11.9 Å². The highest BCUT2D eigenvalue weighted by atomic mass is 35.5. The molecule has 1 aliphatic heterocycles. The number of halogens is 2. The fourth-order valence-electron chi connectivity index (χ4n) is 4.22. The SMILES string of the molecule is CCOC(=O)C1=C(C)N=c2s/c(=C\c3cc(Cl)c(OCC(=O)O)c(Cl)c3)c(=O)n2[C@@H]1c1ccc(OC)c(OC)c1. The van der Waals surface area contributed by atoms with Crippen molar-refractivity contribution in [3.8, 4) is 17.2 Å². The first-order valence-electron chi connectivity index (χ1n) is 11.8. The van der Waals surface area contributed by atoms with Crippen LogP contribution in [0.3, 0.4) is 0 Å². The number of aromatic nitrogens is 1. The summed E-state index contributed by atoms with van der Waals surface area (Å²) in [4.78, 5) is 42.7.